The van der Waals surface area contributed by atoms with Crippen LogP contribution in [0.5, 0.6) is 0 Å². The Morgan fingerprint density at radius 1 is 1.05 bits per heavy atom. The molecule has 0 atom stereocenters. The second-order valence-electron chi connectivity index (χ2n) is 6.81. The molecule has 0 aromatic heterocycles. The van der Waals surface area contributed by atoms with E-state index in [2.05, 4.69) is 29.5 Å². The molecule has 2 rings (SSSR count). The lowest BCUT2D eigenvalue weighted by Crippen LogP contribution is -2.40. The molecular weight excluding hydrogens is 234 g/mol. The fourth-order valence-corrected chi connectivity index (χ4v) is 3.76. The van der Waals surface area contributed by atoms with Gasteiger partial charge in [-0.2, -0.15) is 0 Å². The van der Waals surface area contributed by atoms with Crippen LogP contribution in [-0.4, -0.2) is 51.2 Å². The SMILES string of the molecule is CCC1(CCN(C)CC2CCNCC2)CCNCC1. The monoisotopic (exact) mass is 267 g/mol. The molecule has 3 nitrogen and oxygen atoms in total. The van der Waals surface area contributed by atoms with E-state index >= 15 is 0 Å². The number of hydrogen-bond acceptors (Lipinski definition) is 3. The molecule has 0 aliphatic carbocycles. The summed E-state index contributed by atoms with van der Waals surface area (Å²) < 4.78 is 0. The molecule has 2 saturated heterocycles. The maximum atomic E-state index is 3.51. The molecule has 2 fully saturated rings. The van der Waals surface area contributed by atoms with Gasteiger partial charge in [0.2, 0.25) is 0 Å². The van der Waals surface area contributed by atoms with Gasteiger partial charge in [0.25, 0.3) is 0 Å². The Morgan fingerprint density at radius 3 is 2.32 bits per heavy atom. The standard InChI is InChI=1S/C16H33N3/c1-3-16(6-11-18-12-7-16)8-13-19(2)14-15-4-9-17-10-5-15/h15,17-18H,3-14H2,1-2H3. The van der Waals surface area contributed by atoms with E-state index in [4.69, 9.17) is 0 Å². The van der Waals surface area contributed by atoms with Crippen LogP contribution in [0.15, 0.2) is 0 Å². The molecule has 3 heteroatoms. The predicted molar refractivity (Wildman–Crippen MR) is 82.5 cm³/mol. The normalized spacial score (nSPS) is 24.8. The van der Waals surface area contributed by atoms with Crippen LogP contribution >= 0.6 is 0 Å². The summed E-state index contributed by atoms with van der Waals surface area (Å²) in [5.41, 5.74) is 0.633. The molecule has 0 unspecified atom stereocenters. The molecule has 2 aliphatic heterocycles. The van der Waals surface area contributed by atoms with E-state index < -0.39 is 0 Å². The molecule has 0 amide bonds. The molecule has 2 heterocycles. The summed E-state index contributed by atoms with van der Waals surface area (Å²) in [6.45, 7) is 9.89. The van der Waals surface area contributed by atoms with Crippen LogP contribution in [0.4, 0.5) is 0 Å². The average molecular weight is 267 g/mol. The van der Waals surface area contributed by atoms with E-state index in [1.807, 2.05) is 0 Å². The summed E-state index contributed by atoms with van der Waals surface area (Å²) in [4.78, 5) is 2.59. The van der Waals surface area contributed by atoms with Gasteiger partial charge in [-0.3, -0.25) is 0 Å². The third-order valence-electron chi connectivity index (χ3n) is 5.47. The first-order valence-corrected chi connectivity index (χ1v) is 8.34. The molecule has 2 N–H and O–H groups in total. The number of nitrogens with zero attached hydrogens (tertiary/aromatic N) is 1. The van der Waals surface area contributed by atoms with Gasteiger partial charge in [-0.15, -0.1) is 0 Å². The van der Waals surface area contributed by atoms with Crippen LogP contribution in [0.3, 0.4) is 0 Å². The quantitative estimate of drug-likeness (QED) is 0.771. The summed E-state index contributed by atoms with van der Waals surface area (Å²) in [6, 6.07) is 0. The summed E-state index contributed by atoms with van der Waals surface area (Å²) in [6.07, 6.45) is 8.25. The molecule has 0 spiro atoms. The third kappa shape index (κ3) is 4.73. The topological polar surface area (TPSA) is 27.3 Å². The van der Waals surface area contributed by atoms with Gasteiger partial charge in [0.1, 0.15) is 0 Å². The van der Waals surface area contributed by atoms with Crippen molar-refractivity contribution >= 4 is 0 Å². The first-order chi connectivity index (χ1) is 9.24. The van der Waals surface area contributed by atoms with Crippen LogP contribution in [0.25, 0.3) is 0 Å². The van der Waals surface area contributed by atoms with Crippen molar-refractivity contribution in [3.8, 4) is 0 Å². The fourth-order valence-electron chi connectivity index (χ4n) is 3.76. The van der Waals surface area contributed by atoms with Crippen molar-refractivity contribution in [3.63, 3.8) is 0 Å². The Hall–Kier alpha value is -0.120. The molecule has 0 saturated carbocycles. The summed E-state index contributed by atoms with van der Waals surface area (Å²) in [5, 5.41) is 6.97. The first kappa shape index (κ1) is 15.3. The van der Waals surface area contributed by atoms with Crippen molar-refractivity contribution in [2.75, 3.05) is 46.3 Å². The highest BCUT2D eigenvalue weighted by atomic mass is 15.1. The van der Waals surface area contributed by atoms with E-state index in [0.29, 0.717) is 5.41 Å². The van der Waals surface area contributed by atoms with Crippen LogP contribution < -0.4 is 10.6 Å². The van der Waals surface area contributed by atoms with Gasteiger partial charge in [0.05, 0.1) is 0 Å². The Balaban J connectivity index is 1.70. The minimum atomic E-state index is 0.633. The number of hydrogen-bond donors (Lipinski definition) is 2. The van der Waals surface area contributed by atoms with Crippen molar-refractivity contribution in [2.24, 2.45) is 11.3 Å². The van der Waals surface area contributed by atoms with E-state index in [9.17, 15) is 0 Å². The Bertz CT molecular complexity index is 242. The lowest BCUT2D eigenvalue weighted by molar-refractivity contribution is 0.141. The largest absolute Gasteiger partial charge is 0.317 e. The highest BCUT2D eigenvalue weighted by Gasteiger charge is 2.30. The Kier molecular flexibility index (Phi) is 6.11. The minimum absolute atomic E-state index is 0.633. The summed E-state index contributed by atoms with van der Waals surface area (Å²) in [5.74, 6) is 0.928. The summed E-state index contributed by atoms with van der Waals surface area (Å²) >= 11 is 0. The lowest BCUT2D eigenvalue weighted by atomic mass is 9.74. The third-order valence-corrected chi connectivity index (χ3v) is 5.47. The fraction of sp³-hybridized carbons (Fsp3) is 1.00. The van der Waals surface area contributed by atoms with E-state index in [1.165, 1.54) is 77.8 Å². The van der Waals surface area contributed by atoms with Gasteiger partial charge in [0.15, 0.2) is 0 Å². The van der Waals surface area contributed by atoms with Crippen LogP contribution in [-0.2, 0) is 0 Å². The molecule has 112 valence electrons. The van der Waals surface area contributed by atoms with Gasteiger partial charge in [-0.1, -0.05) is 13.3 Å². The van der Waals surface area contributed by atoms with Crippen molar-refractivity contribution < 1.29 is 0 Å². The number of piperidine rings is 2. The zero-order chi connectivity index (χ0) is 13.6. The zero-order valence-corrected chi connectivity index (χ0v) is 13.0. The Labute approximate surface area is 119 Å². The highest BCUT2D eigenvalue weighted by molar-refractivity contribution is 4.84. The van der Waals surface area contributed by atoms with Gasteiger partial charge in [-0.05, 0) is 83.2 Å². The maximum absolute atomic E-state index is 3.51. The second-order valence-corrected chi connectivity index (χ2v) is 6.81. The predicted octanol–water partition coefficient (Wildman–Crippen LogP) is 2.09. The van der Waals surface area contributed by atoms with Crippen molar-refractivity contribution in [1.82, 2.24) is 15.5 Å². The van der Waals surface area contributed by atoms with Crippen LogP contribution in [0.1, 0.15) is 45.4 Å². The van der Waals surface area contributed by atoms with Gasteiger partial charge in [0, 0.05) is 6.54 Å². The molecule has 0 aromatic rings. The molecule has 0 radical (unpaired) electrons. The van der Waals surface area contributed by atoms with Crippen LogP contribution in [0, 0.1) is 11.3 Å². The first-order valence-electron chi connectivity index (χ1n) is 8.34. The second kappa shape index (κ2) is 7.61. The van der Waals surface area contributed by atoms with Gasteiger partial charge >= 0.3 is 0 Å². The zero-order valence-electron chi connectivity index (χ0n) is 13.0. The van der Waals surface area contributed by atoms with Crippen LogP contribution in [0.2, 0.25) is 0 Å². The summed E-state index contributed by atoms with van der Waals surface area (Å²) in [7, 11) is 2.33. The average Bonchev–Trinajstić information content (AvgIpc) is 2.47. The molecular formula is C16H33N3. The minimum Gasteiger partial charge on any atom is -0.317 e. The maximum Gasteiger partial charge on any atom is 0.000756 e. The van der Waals surface area contributed by atoms with E-state index in [1.54, 1.807) is 0 Å². The highest BCUT2D eigenvalue weighted by Crippen LogP contribution is 2.36. The molecule has 19 heavy (non-hydrogen) atoms. The molecule has 0 bridgehead atoms. The van der Waals surface area contributed by atoms with Crippen molar-refractivity contribution in [3.05, 3.63) is 0 Å². The number of rotatable bonds is 6. The smallest absolute Gasteiger partial charge is 0.000756 e. The van der Waals surface area contributed by atoms with Gasteiger partial charge in [-0.25, -0.2) is 0 Å². The molecule has 2 aliphatic rings. The van der Waals surface area contributed by atoms with Crippen molar-refractivity contribution in [1.29, 1.82) is 0 Å². The van der Waals surface area contributed by atoms with E-state index in [-0.39, 0.29) is 0 Å². The van der Waals surface area contributed by atoms with E-state index in [0.717, 1.165) is 5.92 Å². The number of nitrogens with one attached hydrogen (secondary N) is 2. The Morgan fingerprint density at radius 2 is 1.68 bits per heavy atom. The van der Waals surface area contributed by atoms with Gasteiger partial charge < -0.3 is 15.5 Å². The lowest BCUT2D eigenvalue weighted by Gasteiger charge is -2.38. The molecule has 0 aromatic carbocycles. The van der Waals surface area contributed by atoms with Crippen molar-refractivity contribution in [2.45, 2.75) is 45.4 Å².